The van der Waals surface area contributed by atoms with E-state index in [0.717, 1.165) is 22.0 Å². The van der Waals surface area contributed by atoms with Crippen molar-refractivity contribution in [2.45, 2.75) is 0 Å². The Hall–Kier alpha value is -1.57. The van der Waals surface area contributed by atoms with Crippen molar-refractivity contribution in [3.05, 3.63) is 64.8 Å². The molecule has 1 aromatic heterocycles. The Morgan fingerprint density at radius 1 is 0.833 bits per heavy atom. The summed E-state index contributed by atoms with van der Waals surface area (Å²) in [5.41, 5.74) is 2.73. The van der Waals surface area contributed by atoms with Gasteiger partial charge in [-0.05, 0) is 24.3 Å². The van der Waals surface area contributed by atoms with E-state index in [1.54, 1.807) is 6.20 Å². The number of halogens is 2. The third-order valence-electron chi connectivity index (χ3n) is 2.84. The van der Waals surface area contributed by atoms with Gasteiger partial charge in [-0.1, -0.05) is 47.5 Å². The largest absolute Gasteiger partial charge is 0.256 e. The number of aromatic nitrogens is 1. The van der Waals surface area contributed by atoms with Gasteiger partial charge < -0.3 is 0 Å². The van der Waals surface area contributed by atoms with Crippen molar-refractivity contribution < 1.29 is 0 Å². The molecule has 3 aromatic rings. The van der Waals surface area contributed by atoms with Crippen LogP contribution < -0.4 is 0 Å². The van der Waals surface area contributed by atoms with Gasteiger partial charge in [0.05, 0.1) is 5.52 Å². The first-order valence-electron chi connectivity index (χ1n) is 5.55. The molecular formula is C15H9Cl2N. The Morgan fingerprint density at radius 2 is 1.56 bits per heavy atom. The van der Waals surface area contributed by atoms with Crippen molar-refractivity contribution in [2.24, 2.45) is 0 Å². The molecule has 0 bridgehead atoms. The molecule has 0 radical (unpaired) electrons. The van der Waals surface area contributed by atoms with Crippen LogP contribution in [0, 0.1) is 0 Å². The second-order valence-electron chi connectivity index (χ2n) is 4.01. The van der Waals surface area contributed by atoms with Crippen LogP contribution in [0.1, 0.15) is 0 Å². The van der Waals surface area contributed by atoms with Gasteiger partial charge in [0, 0.05) is 32.8 Å². The molecule has 0 N–H and O–H groups in total. The molecule has 3 rings (SSSR count). The van der Waals surface area contributed by atoms with E-state index in [9.17, 15) is 0 Å². The van der Waals surface area contributed by atoms with Gasteiger partial charge in [0.25, 0.3) is 0 Å². The lowest BCUT2D eigenvalue weighted by Gasteiger charge is -2.07. The maximum absolute atomic E-state index is 6.20. The normalized spacial score (nSPS) is 10.8. The van der Waals surface area contributed by atoms with Gasteiger partial charge in [-0.2, -0.15) is 0 Å². The molecule has 0 saturated carbocycles. The van der Waals surface area contributed by atoms with E-state index in [-0.39, 0.29) is 0 Å². The van der Waals surface area contributed by atoms with E-state index in [1.807, 2.05) is 42.5 Å². The fraction of sp³-hybridized carbons (Fsp3) is 0. The lowest BCUT2D eigenvalue weighted by molar-refractivity contribution is 1.41. The third kappa shape index (κ3) is 1.96. The summed E-state index contributed by atoms with van der Waals surface area (Å²) in [5, 5.41) is 2.35. The summed E-state index contributed by atoms with van der Waals surface area (Å²) in [6.07, 6.45) is 1.80. The fourth-order valence-corrected chi connectivity index (χ4v) is 2.60. The zero-order valence-corrected chi connectivity index (χ0v) is 10.9. The van der Waals surface area contributed by atoms with Crippen LogP contribution in [0.15, 0.2) is 54.7 Å². The summed E-state index contributed by atoms with van der Waals surface area (Å²) in [5.74, 6) is 0. The summed E-state index contributed by atoms with van der Waals surface area (Å²) in [6.45, 7) is 0. The van der Waals surface area contributed by atoms with Gasteiger partial charge in [0.1, 0.15) is 0 Å². The molecule has 18 heavy (non-hydrogen) atoms. The maximum Gasteiger partial charge on any atom is 0.0702 e. The molecule has 0 aliphatic carbocycles. The van der Waals surface area contributed by atoms with Crippen LogP contribution in [-0.4, -0.2) is 4.98 Å². The number of benzene rings is 2. The lowest BCUT2D eigenvalue weighted by Crippen LogP contribution is -1.85. The van der Waals surface area contributed by atoms with Crippen molar-refractivity contribution in [1.82, 2.24) is 4.98 Å². The maximum atomic E-state index is 6.20. The molecular weight excluding hydrogens is 265 g/mol. The molecule has 1 nitrogen and oxygen atoms in total. The molecule has 0 aliphatic rings. The number of hydrogen-bond donors (Lipinski definition) is 0. The van der Waals surface area contributed by atoms with Crippen molar-refractivity contribution in [3.63, 3.8) is 0 Å². The predicted molar refractivity (Wildman–Crippen MR) is 77.2 cm³/mol. The smallest absolute Gasteiger partial charge is 0.0702 e. The topological polar surface area (TPSA) is 12.9 Å². The first kappa shape index (κ1) is 11.5. The van der Waals surface area contributed by atoms with Crippen molar-refractivity contribution in [1.29, 1.82) is 0 Å². The molecule has 3 heteroatoms. The van der Waals surface area contributed by atoms with Gasteiger partial charge >= 0.3 is 0 Å². The predicted octanol–water partition coefficient (Wildman–Crippen LogP) is 5.21. The number of para-hydroxylation sites is 1. The summed E-state index contributed by atoms with van der Waals surface area (Å²) < 4.78 is 0. The first-order valence-corrected chi connectivity index (χ1v) is 6.30. The summed E-state index contributed by atoms with van der Waals surface area (Å²) >= 11 is 12.4. The van der Waals surface area contributed by atoms with Crippen molar-refractivity contribution >= 4 is 34.1 Å². The van der Waals surface area contributed by atoms with Gasteiger partial charge in [0.2, 0.25) is 0 Å². The molecule has 0 saturated heterocycles. The minimum atomic E-state index is 0.639. The van der Waals surface area contributed by atoms with Crippen LogP contribution >= 0.6 is 23.2 Å². The van der Waals surface area contributed by atoms with Crippen LogP contribution in [-0.2, 0) is 0 Å². The Balaban J connectivity index is 2.26. The summed E-state index contributed by atoms with van der Waals surface area (Å²) in [4.78, 5) is 4.42. The number of hydrogen-bond acceptors (Lipinski definition) is 1. The van der Waals surface area contributed by atoms with Gasteiger partial charge in [-0.3, -0.25) is 4.98 Å². The van der Waals surface area contributed by atoms with E-state index >= 15 is 0 Å². The van der Waals surface area contributed by atoms with Crippen LogP contribution in [0.4, 0.5) is 0 Å². The molecule has 0 aliphatic heterocycles. The molecule has 88 valence electrons. The third-order valence-corrected chi connectivity index (χ3v) is 3.47. The molecule has 2 aromatic carbocycles. The quantitative estimate of drug-likeness (QED) is 0.593. The molecule has 0 unspecified atom stereocenters. The fourth-order valence-electron chi connectivity index (χ4n) is 1.98. The number of nitrogens with zero attached hydrogens (tertiary/aromatic N) is 1. The summed E-state index contributed by atoms with van der Waals surface area (Å²) in [7, 11) is 0. The highest BCUT2D eigenvalue weighted by Crippen LogP contribution is 2.35. The second kappa shape index (κ2) is 4.60. The van der Waals surface area contributed by atoms with Crippen LogP contribution in [0.3, 0.4) is 0 Å². The van der Waals surface area contributed by atoms with Crippen LogP contribution in [0.2, 0.25) is 10.0 Å². The van der Waals surface area contributed by atoms with E-state index in [0.29, 0.717) is 10.0 Å². The van der Waals surface area contributed by atoms with E-state index in [1.165, 1.54) is 0 Å². The van der Waals surface area contributed by atoms with Crippen molar-refractivity contribution in [3.8, 4) is 11.1 Å². The van der Waals surface area contributed by atoms with E-state index in [4.69, 9.17) is 23.2 Å². The second-order valence-corrected chi connectivity index (χ2v) is 4.83. The Kier molecular flexibility index (Phi) is 2.94. The molecule has 1 heterocycles. The standard InChI is InChI=1S/C15H9Cl2N/c16-12-5-3-6-13(17)15(12)11-8-10-4-1-2-7-14(10)18-9-11/h1-9H. The van der Waals surface area contributed by atoms with Gasteiger partial charge in [0.15, 0.2) is 0 Å². The van der Waals surface area contributed by atoms with Crippen LogP contribution in [0.5, 0.6) is 0 Å². The first-order chi connectivity index (χ1) is 8.75. The molecule has 0 fully saturated rings. The highest BCUT2D eigenvalue weighted by Gasteiger charge is 2.09. The monoisotopic (exact) mass is 273 g/mol. The average molecular weight is 274 g/mol. The number of rotatable bonds is 1. The van der Waals surface area contributed by atoms with Gasteiger partial charge in [-0.15, -0.1) is 0 Å². The minimum absolute atomic E-state index is 0.639. The zero-order valence-electron chi connectivity index (χ0n) is 9.40. The number of fused-ring (bicyclic) bond motifs is 1. The minimum Gasteiger partial charge on any atom is -0.256 e. The molecule has 0 spiro atoms. The highest BCUT2D eigenvalue weighted by atomic mass is 35.5. The molecule has 0 amide bonds. The highest BCUT2D eigenvalue weighted by molar-refractivity contribution is 6.39. The van der Waals surface area contributed by atoms with E-state index in [2.05, 4.69) is 11.1 Å². The summed E-state index contributed by atoms with van der Waals surface area (Å²) in [6, 6.07) is 15.5. The molecule has 0 atom stereocenters. The number of pyridine rings is 1. The SMILES string of the molecule is Clc1cccc(Cl)c1-c1cnc2ccccc2c1. The average Bonchev–Trinajstić information content (AvgIpc) is 2.38. The Labute approximate surface area is 115 Å². The Morgan fingerprint density at radius 3 is 2.33 bits per heavy atom. The van der Waals surface area contributed by atoms with Crippen LogP contribution in [0.25, 0.3) is 22.0 Å². The van der Waals surface area contributed by atoms with Gasteiger partial charge in [-0.25, -0.2) is 0 Å². The Bertz CT molecular complexity index is 702. The zero-order chi connectivity index (χ0) is 12.5. The lowest BCUT2D eigenvalue weighted by atomic mass is 10.1. The van der Waals surface area contributed by atoms with Crippen molar-refractivity contribution in [2.75, 3.05) is 0 Å². The van der Waals surface area contributed by atoms with E-state index < -0.39 is 0 Å².